The molecule has 3 aliphatic rings. The lowest BCUT2D eigenvalue weighted by atomic mass is 9.75. The molecule has 0 unspecified atom stereocenters. The average molecular weight is 674 g/mol. The topological polar surface area (TPSA) is 3.24 Å². The van der Waals surface area contributed by atoms with Crippen molar-refractivity contribution in [1.29, 1.82) is 0 Å². The molecule has 9 rings (SSSR count). The summed E-state index contributed by atoms with van der Waals surface area (Å²) in [4.78, 5) is 2.49. The Bertz CT molecular complexity index is 2010. The first-order valence-corrected chi connectivity index (χ1v) is 20.7. The van der Waals surface area contributed by atoms with Gasteiger partial charge in [0, 0.05) is 37.2 Å². The van der Waals surface area contributed by atoms with Gasteiger partial charge < -0.3 is 4.90 Å². The van der Waals surface area contributed by atoms with Crippen LogP contribution in [0.25, 0.3) is 31.3 Å². The van der Waals surface area contributed by atoms with E-state index in [9.17, 15) is 0 Å². The van der Waals surface area contributed by atoms with Crippen LogP contribution in [-0.2, 0) is 0 Å². The highest BCUT2D eigenvalue weighted by atomic mass is 32.1. The molecule has 50 heavy (non-hydrogen) atoms. The van der Waals surface area contributed by atoms with Gasteiger partial charge in [0.25, 0.3) is 0 Å². The first-order valence-electron chi connectivity index (χ1n) is 19.8. The molecule has 3 fully saturated rings. The van der Waals surface area contributed by atoms with Crippen molar-refractivity contribution in [2.45, 2.75) is 114 Å². The number of hydrogen-bond donors (Lipinski definition) is 0. The van der Waals surface area contributed by atoms with Crippen LogP contribution in [0, 0.1) is 0 Å². The van der Waals surface area contributed by atoms with Gasteiger partial charge in [0.15, 0.2) is 0 Å². The summed E-state index contributed by atoms with van der Waals surface area (Å²) in [6.07, 6.45) is 20.4. The van der Waals surface area contributed by atoms with Gasteiger partial charge in [-0.15, -0.1) is 11.3 Å². The molecule has 2 heteroatoms. The number of hydrogen-bond acceptors (Lipinski definition) is 2. The van der Waals surface area contributed by atoms with E-state index in [1.807, 2.05) is 11.3 Å². The third-order valence-corrected chi connectivity index (χ3v) is 13.6. The van der Waals surface area contributed by atoms with Gasteiger partial charge in [0.2, 0.25) is 0 Å². The summed E-state index contributed by atoms with van der Waals surface area (Å²) >= 11 is 1.91. The summed E-state index contributed by atoms with van der Waals surface area (Å²) < 4.78 is 2.71. The molecule has 0 amide bonds. The highest BCUT2D eigenvalue weighted by Crippen LogP contribution is 2.46. The van der Waals surface area contributed by atoms with E-state index in [2.05, 4.69) is 114 Å². The lowest BCUT2D eigenvalue weighted by Crippen LogP contribution is -2.12. The highest BCUT2D eigenvalue weighted by Gasteiger charge is 2.26. The fourth-order valence-corrected chi connectivity index (χ4v) is 11.0. The minimum Gasteiger partial charge on any atom is -0.310 e. The van der Waals surface area contributed by atoms with Gasteiger partial charge in [-0.25, -0.2) is 0 Å². The number of benzene rings is 5. The molecular formula is C48H51NS. The maximum absolute atomic E-state index is 2.49. The molecule has 0 atom stereocenters. The van der Waals surface area contributed by atoms with E-state index in [1.54, 1.807) is 16.7 Å². The van der Waals surface area contributed by atoms with E-state index < -0.39 is 0 Å². The molecule has 0 aliphatic heterocycles. The zero-order valence-electron chi connectivity index (χ0n) is 29.6. The van der Waals surface area contributed by atoms with Crippen LogP contribution in [0.1, 0.15) is 131 Å². The quantitative estimate of drug-likeness (QED) is 0.163. The number of fused-ring (bicyclic) bond motifs is 3. The largest absolute Gasteiger partial charge is 0.310 e. The van der Waals surface area contributed by atoms with E-state index in [0.29, 0.717) is 17.8 Å². The predicted molar refractivity (Wildman–Crippen MR) is 217 cm³/mol. The van der Waals surface area contributed by atoms with Crippen molar-refractivity contribution in [3.8, 4) is 11.1 Å². The molecule has 6 aromatic rings. The first kappa shape index (κ1) is 32.1. The summed E-state index contributed by atoms with van der Waals surface area (Å²) in [7, 11) is 0. The summed E-state index contributed by atoms with van der Waals surface area (Å²) in [6, 6.07) is 42.6. The average Bonchev–Trinajstić information content (AvgIpc) is 3.57. The van der Waals surface area contributed by atoms with E-state index in [4.69, 9.17) is 0 Å². The molecule has 3 saturated carbocycles. The molecule has 1 aromatic heterocycles. The molecule has 0 spiro atoms. The monoisotopic (exact) mass is 673 g/mol. The number of rotatable bonds is 7. The van der Waals surface area contributed by atoms with Gasteiger partial charge in [0.05, 0.1) is 0 Å². The van der Waals surface area contributed by atoms with E-state index >= 15 is 0 Å². The van der Waals surface area contributed by atoms with Crippen LogP contribution in [0.2, 0.25) is 0 Å². The van der Waals surface area contributed by atoms with Crippen molar-refractivity contribution in [1.82, 2.24) is 0 Å². The lowest BCUT2D eigenvalue weighted by molar-refractivity contribution is 0.437. The molecule has 254 valence electrons. The fraction of sp³-hybridized carbons (Fsp3) is 0.375. The zero-order chi connectivity index (χ0) is 33.3. The van der Waals surface area contributed by atoms with Gasteiger partial charge in [-0.1, -0.05) is 125 Å². The highest BCUT2D eigenvalue weighted by molar-refractivity contribution is 7.25. The van der Waals surface area contributed by atoms with Crippen molar-refractivity contribution in [2.24, 2.45) is 0 Å². The Kier molecular flexibility index (Phi) is 9.23. The van der Waals surface area contributed by atoms with Crippen molar-refractivity contribution in [3.63, 3.8) is 0 Å². The van der Waals surface area contributed by atoms with Crippen molar-refractivity contribution in [3.05, 3.63) is 126 Å². The molecule has 3 aliphatic carbocycles. The van der Waals surface area contributed by atoms with Crippen LogP contribution in [0.5, 0.6) is 0 Å². The third-order valence-electron chi connectivity index (χ3n) is 12.5. The van der Waals surface area contributed by atoms with Crippen molar-refractivity contribution < 1.29 is 0 Å². The molecule has 1 heterocycles. The first-order chi connectivity index (χ1) is 24.8. The second-order valence-corrected chi connectivity index (χ2v) is 16.7. The molecule has 1 nitrogen and oxygen atoms in total. The number of thiophene rings is 1. The minimum atomic E-state index is 0.689. The van der Waals surface area contributed by atoms with Crippen LogP contribution in [0.3, 0.4) is 0 Å². The standard InChI is InChI=1S/C48H51NS/c1-4-13-34(14-5-1)35-23-27-39(28-24-35)49(41-31-32-45-44-19-10-11-22-46(44)50-47(45)33-41)40-29-25-38(26-30-40)48-42(36-15-6-2-7-16-36)20-12-21-43(48)37-17-8-3-9-18-37/h10-12,19-34,36-37H,1-9,13-18H2. The minimum absolute atomic E-state index is 0.689. The maximum atomic E-state index is 2.49. The van der Waals surface area contributed by atoms with Crippen LogP contribution in [0.4, 0.5) is 17.1 Å². The van der Waals surface area contributed by atoms with Crippen molar-refractivity contribution in [2.75, 3.05) is 4.90 Å². The Morgan fingerprint density at radius 3 is 1.56 bits per heavy atom. The molecule has 5 aromatic carbocycles. The second-order valence-electron chi connectivity index (χ2n) is 15.6. The van der Waals surface area contributed by atoms with Gasteiger partial charge >= 0.3 is 0 Å². The zero-order valence-corrected chi connectivity index (χ0v) is 30.4. The van der Waals surface area contributed by atoms with Crippen LogP contribution in [0.15, 0.2) is 109 Å². The SMILES string of the molecule is c1cc(C2CCCCC2)c(-c2ccc(N(c3ccc(C4CCCCC4)cc3)c3ccc4c(c3)sc3ccccc34)cc2)c(C2CCCCC2)c1. The molecular weight excluding hydrogens is 623 g/mol. The second kappa shape index (κ2) is 14.4. The Morgan fingerprint density at radius 1 is 0.420 bits per heavy atom. The Balaban J connectivity index is 1.13. The van der Waals surface area contributed by atoms with E-state index in [1.165, 1.54) is 145 Å². The predicted octanol–water partition coefficient (Wildman–Crippen LogP) is 15.3. The summed E-state index contributed by atoms with van der Waals surface area (Å²) in [6.45, 7) is 0. The third kappa shape index (κ3) is 6.30. The summed E-state index contributed by atoms with van der Waals surface area (Å²) in [5.74, 6) is 2.09. The summed E-state index contributed by atoms with van der Waals surface area (Å²) in [5, 5.41) is 2.71. The van der Waals surface area contributed by atoms with Gasteiger partial charge in [0.1, 0.15) is 0 Å². The van der Waals surface area contributed by atoms with Crippen LogP contribution in [-0.4, -0.2) is 0 Å². The number of nitrogens with zero attached hydrogens (tertiary/aromatic N) is 1. The Hall–Kier alpha value is -3.88. The van der Waals surface area contributed by atoms with Crippen LogP contribution >= 0.6 is 11.3 Å². The van der Waals surface area contributed by atoms with Crippen molar-refractivity contribution >= 4 is 48.6 Å². The Labute approximate surface area is 303 Å². The molecule has 0 N–H and O–H groups in total. The summed E-state index contributed by atoms with van der Waals surface area (Å²) in [5.41, 5.74) is 11.4. The normalized spacial score (nSPS) is 18.2. The lowest BCUT2D eigenvalue weighted by Gasteiger charge is -2.30. The van der Waals surface area contributed by atoms with Gasteiger partial charge in [-0.2, -0.15) is 0 Å². The number of anilines is 3. The molecule has 0 radical (unpaired) electrons. The Morgan fingerprint density at radius 2 is 0.940 bits per heavy atom. The molecule has 0 saturated heterocycles. The van der Waals surface area contributed by atoms with Gasteiger partial charge in [-0.3, -0.25) is 0 Å². The van der Waals surface area contributed by atoms with Crippen LogP contribution < -0.4 is 4.90 Å². The van der Waals surface area contributed by atoms with E-state index in [0.717, 1.165) is 0 Å². The smallest absolute Gasteiger partial charge is 0.0476 e. The fourth-order valence-electron chi connectivity index (χ4n) is 9.84. The maximum Gasteiger partial charge on any atom is 0.0476 e. The van der Waals surface area contributed by atoms with E-state index in [-0.39, 0.29) is 0 Å². The van der Waals surface area contributed by atoms with Gasteiger partial charge in [-0.05, 0) is 127 Å². The molecule has 0 bridgehead atoms.